The van der Waals surface area contributed by atoms with Crippen molar-refractivity contribution in [2.24, 2.45) is 0 Å². The summed E-state index contributed by atoms with van der Waals surface area (Å²) in [6.45, 7) is 18.2. The lowest BCUT2D eigenvalue weighted by Crippen LogP contribution is -2.19. The summed E-state index contributed by atoms with van der Waals surface area (Å²) in [5, 5.41) is 11.4. The number of phenols is 1. The number of benzene rings is 1. The van der Waals surface area contributed by atoms with Crippen LogP contribution in [-0.4, -0.2) is 17.7 Å². The zero-order valence-electron chi connectivity index (χ0n) is 39.2. The molecule has 0 spiro atoms. The quantitative estimate of drug-likeness (QED) is 0.0540. The molecule has 3 nitrogen and oxygen atoms in total. The van der Waals surface area contributed by atoms with Gasteiger partial charge in [-0.15, -0.1) is 0 Å². The number of carbonyl (C=O) groups is 1. The third kappa shape index (κ3) is 27.2. The van der Waals surface area contributed by atoms with Crippen molar-refractivity contribution < 1.29 is 14.6 Å². The Labute approximate surface area is 351 Å². The van der Waals surface area contributed by atoms with Crippen molar-refractivity contribution in [2.75, 3.05) is 6.61 Å². The summed E-state index contributed by atoms with van der Waals surface area (Å²) in [6.07, 6.45) is 44.7. The van der Waals surface area contributed by atoms with Gasteiger partial charge < -0.3 is 9.84 Å². The van der Waals surface area contributed by atoms with E-state index < -0.39 is 0 Å². The van der Waals surface area contributed by atoms with Crippen molar-refractivity contribution in [3.8, 4) is 5.75 Å². The summed E-state index contributed by atoms with van der Waals surface area (Å²) < 4.78 is 5.88. The molecule has 1 rings (SSSR count). The van der Waals surface area contributed by atoms with Gasteiger partial charge in [-0.25, -0.2) is 0 Å². The lowest BCUT2D eigenvalue weighted by molar-refractivity contribution is -0.144. The zero-order valence-corrected chi connectivity index (χ0v) is 39.2. The first kappa shape index (κ1) is 52.5. The van der Waals surface area contributed by atoms with Gasteiger partial charge in [0.15, 0.2) is 0 Å². The van der Waals surface area contributed by atoms with Gasteiger partial charge in [0.25, 0.3) is 0 Å². The van der Waals surface area contributed by atoms with Crippen LogP contribution in [0.15, 0.2) is 12.1 Å². The van der Waals surface area contributed by atoms with E-state index >= 15 is 0 Å². The van der Waals surface area contributed by atoms with Gasteiger partial charge in [-0.3, -0.25) is 4.79 Å². The molecule has 0 bridgehead atoms. The first-order chi connectivity index (χ1) is 26.9. The molecule has 0 saturated carbocycles. The van der Waals surface area contributed by atoms with Crippen LogP contribution in [0.25, 0.3) is 0 Å². The van der Waals surface area contributed by atoms with Gasteiger partial charge in [0.05, 0.1) is 13.0 Å². The van der Waals surface area contributed by atoms with E-state index in [1.54, 1.807) is 0 Å². The Kier molecular flexibility index (Phi) is 31.3. The molecular formula is C53H98O3. The van der Waals surface area contributed by atoms with Crippen molar-refractivity contribution in [2.45, 2.75) is 290 Å². The van der Waals surface area contributed by atoms with E-state index in [2.05, 4.69) is 67.5 Å². The lowest BCUT2D eigenvalue weighted by Gasteiger charge is -2.30. The summed E-state index contributed by atoms with van der Waals surface area (Å²) in [6, 6.07) is 4.40. The normalized spacial score (nSPS) is 12.7. The van der Waals surface area contributed by atoms with Crippen LogP contribution in [0.5, 0.6) is 5.75 Å². The first-order valence-corrected chi connectivity index (χ1v) is 24.9. The van der Waals surface area contributed by atoms with Gasteiger partial charge >= 0.3 is 5.97 Å². The standard InChI is InChI=1S/C53H98O3/c1-9-11-13-15-17-19-21-23-25-27-29-31-33-35-37-39-41-46(47-43-48(52(3,4)5)51(55)49(44-47)53(6,7)8)45-50(54)56-42-40-38-36-34-32-30-28-26-24-22-20-18-16-14-12-10-2/h43-44,46,55H,9-42,45H2,1-8H3. The number of hydrogen-bond donors (Lipinski definition) is 1. The molecule has 1 aromatic rings. The second-order valence-corrected chi connectivity index (χ2v) is 20.0. The molecular weight excluding hydrogens is 685 g/mol. The minimum absolute atomic E-state index is 0.0601. The lowest BCUT2D eigenvalue weighted by atomic mass is 9.76. The van der Waals surface area contributed by atoms with E-state index in [0.717, 1.165) is 36.8 Å². The molecule has 1 unspecified atom stereocenters. The molecule has 0 amide bonds. The maximum Gasteiger partial charge on any atom is 0.306 e. The minimum atomic E-state index is -0.188. The molecule has 0 fully saturated rings. The van der Waals surface area contributed by atoms with Crippen LogP contribution < -0.4 is 0 Å². The minimum Gasteiger partial charge on any atom is -0.507 e. The Hall–Kier alpha value is -1.51. The molecule has 1 atom stereocenters. The van der Waals surface area contributed by atoms with Gasteiger partial charge in [0, 0.05) is 0 Å². The average Bonchev–Trinajstić information content (AvgIpc) is 3.14. The SMILES string of the molecule is CCCCCCCCCCCCCCCCCCOC(=O)CC(CCCCCCCCCCCCCCCCCC)c1cc(C(C)(C)C)c(O)c(C(C)(C)C)c1. The van der Waals surface area contributed by atoms with Crippen molar-refractivity contribution in [3.05, 3.63) is 28.8 Å². The number of unbranched alkanes of at least 4 members (excludes halogenated alkanes) is 30. The summed E-state index contributed by atoms with van der Waals surface area (Å²) in [4.78, 5) is 13.3. The molecule has 1 aromatic carbocycles. The largest absolute Gasteiger partial charge is 0.507 e. The Balaban J connectivity index is 2.48. The van der Waals surface area contributed by atoms with Gasteiger partial charge in [-0.1, -0.05) is 267 Å². The molecule has 0 saturated heterocycles. The van der Waals surface area contributed by atoms with Crippen molar-refractivity contribution >= 4 is 5.97 Å². The smallest absolute Gasteiger partial charge is 0.306 e. The van der Waals surface area contributed by atoms with E-state index in [9.17, 15) is 9.90 Å². The molecule has 328 valence electrons. The summed E-state index contributed by atoms with van der Waals surface area (Å²) >= 11 is 0. The number of esters is 1. The number of ether oxygens (including phenoxy) is 1. The van der Waals surface area contributed by atoms with Gasteiger partial charge in [0.2, 0.25) is 0 Å². The number of carbonyl (C=O) groups excluding carboxylic acids is 1. The highest BCUT2D eigenvalue weighted by Gasteiger charge is 2.29. The molecule has 0 aromatic heterocycles. The highest BCUT2D eigenvalue weighted by molar-refractivity contribution is 5.70. The Morgan fingerprint density at radius 2 is 0.768 bits per heavy atom. The van der Waals surface area contributed by atoms with Crippen molar-refractivity contribution in [1.82, 2.24) is 0 Å². The fraction of sp³-hybridized carbons (Fsp3) is 0.868. The molecule has 0 aliphatic carbocycles. The number of phenolic OH excluding ortho intramolecular Hbond substituents is 1. The van der Waals surface area contributed by atoms with Crippen LogP contribution in [0.4, 0.5) is 0 Å². The predicted molar refractivity (Wildman–Crippen MR) is 248 cm³/mol. The van der Waals surface area contributed by atoms with E-state index in [4.69, 9.17) is 4.74 Å². The Morgan fingerprint density at radius 1 is 0.482 bits per heavy atom. The fourth-order valence-corrected chi connectivity index (χ4v) is 8.46. The zero-order chi connectivity index (χ0) is 41.3. The Morgan fingerprint density at radius 3 is 1.07 bits per heavy atom. The first-order valence-electron chi connectivity index (χ1n) is 24.9. The highest BCUT2D eigenvalue weighted by atomic mass is 16.5. The summed E-state index contributed by atoms with van der Waals surface area (Å²) in [5.41, 5.74) is 2.79. The van der Waals surface area contributed by atoms with E-state index in [1.165, 1.54) is 192 Å². The van der Waals surface area contributed by atoms with E-state index in [-0.39, 0.29) is 22.7 Å². The Bertz CT molecular complexity index is 1020. The summed E-state index contributed by atoms with van der Waals surface area (Å²) in [7, 11) is 0. The molecule has 0 aliphatic heterocycles. The van der Waals surface area contributed by atoms with Crippen LogP contribution >= 0.6 is 0 Å². The third-order valence-corrected chi connectivity index (χ3v) is 12.3. The number of rotatable bonds is 37. The molecule has 56 heavy (non-hydrogen) atoms. The van der Waals surface area contributed by atoms with Crippen LogP contribution in [0.1, 0.15) is 296 Å². The molecule has 1 N–H and O–H groups in total. The fourth-order valence-electron chi connectivity index (χ4n) is 8.46. The van der Waals surface area contributed by atoms with Gasteiger partial charge in [-0.05, 0) is 46.3 Å². The van der Waals surface area contributed by atoms with Crippen LogP contribution in [0.3, 0.4) is 0 Å². The number of hydrogen-bond acceptors (Lipinski definition) is 3. The predicted octanol–water partition coefficient (Wildman–Crippen LogP) is 17.9. The van der Waals surface area contributed by atoms with Crippen LogP contribution in [0.2, 0.25) is 0 Å². The van der Waals surface area contributed by atoms with Crippen LogP contribution in [-0.2, 0) is 20.4 Å². The van der Waals surface area contributed by atoms with Gasteiger partial charge in [-0.2, -0.15) is 0 Å². The van der Waals surface area contributed by atoms with E-state index in [0.29, 0.717) is 18.8 Å². The topological polar surface area (TPSA) is 46.5 Å². The molecule has 0 radical (unpaired) electrons. The maximum absolute atomic E-state index is 13.3. The second kappa shape index (κ2) is 33.3. The van der Waals surface area contributed by atoms with E-state index in [1.807, 2.05) is 0 Å². The monoisotopic (exact) mass is 783 g/mol. The molecule has 0 heterocycles. The van der Waals surface area contributed by atoms with Crippen LogP contribution in [0, 0.1) is 0 Å². The third-order valence-electron chi connectivity index (χ3n) is 12.3. The van der Waals surface area contributed by atoms with Crippen molar-refractivity contribution in [3.63, 3.8) is 0 Å². The maximum atomic E-state index is 13.3. The molecule has 3 heteroatoms. The highest BCUT2D eigenvalue weighted by Crippen LogP contribution is 2.42. The summed E-state index contributed by atoms with van der Waals surface area (Å²) in [5.74, 6) is 0.471. The molecule has 0 aliphatic rings. The van der Waals surface area contributed by atoms with Crippen molar-refractivity contribution in [1.29, 1.82) is 0 Å². The average molecular weight is 783 g/mol. The second-order valence-electron chi connectivity index (χ2n) is 20.0. The number of aromatic hydroxyl groups is 1. The van der Waals surface area contributed by atoms with Gasteiger partial charge in [0.1, 0.15) is 5.75 Å².